The van der Waals surface area contributed by atoms with Gasteiger partial charge in [-0.05, 0) is 63.0 Å². The van der Waals surface area contributed by atoms with Crippen molar-refractivity contribution < 1.29 is 9.47 Å². The summed E-state index contributed by atoms with van der Waals surface area (Å²) in [4.78, 5) is 1.40. The lowest BCUT2D eigenvalue weighted by atomic mass is 9.75. The van der Waals surface area contributed by atoms with Crippen LogP contribution in [0.3, 0.4) is 0 Å². The predicted octanol–water partition coefficient (Wildman–Crippen LogP) is 5.37. The number of fused-ring (bicyclic) bond motifs is 1. The second kappa shape index (κ2) is 8.04. The SMILES string of the molecule is CCOC1(OCC)CC[C@H]2CC[C@@H](CSc3ccccc3)[C@H]2C1. The molecule has 3 atom stereocenters. The van der Waals surface area contributed by atoms with Crippen molar-refractivity contribution >= 4 is 11.8 Å². The van der Waals surface area contributed by atoms with E-state index < -0.39 is 0 Å². The van der Waals surface area contributed by atoms with Crippen LogP contribution in [0.4, 0.5) is 0 Å². The molecule has 2 aliphatic rings. The van der Waals surface area contributed by atoms with Gasteiger partial charge in [0.15, 0.2) is 5.79 Å². The minimum Gasteiger partial charge on any atom is -0.350 e. The van der Waals surface area contributed by atoms with Crippen LogP contribution in [-0.4, -0.2) is 24.8 Å². The Kier molecular flexibility index (Phi) is 6.06. The van der Waals surface area contributed by atoms with Gasteiger partial charge in [-0.3, -0.25) is 0 Å². The lowest BCUT2D eigenvalue weighted by molar-refractivity contribution is -0.260. The van der Waals surface area contributed by atoms with Crippen molar-refractivity contribution in [1.82, 2.24) is 0 Å². The third kappa shape index (κ3) is 4.12. The molecule has 2 saturated carbocycles. The molecule has 3 rings (SSSR count). The quantitative estimate of drug-likeness (QED) is 0.493. The number of benzene rings is 1. The van der Waals surface area contributed by atoms with E-state index in [1.54, 1.807) is 0 Å². The molecule has 0 N–H and O–H groups in total. The highest BCUT2D eigenvalue weighted by Gasteiger charge is 2.47. The maximum atomic E-state index is 6.10. The Labute approximate surface area is 145 Å². The van der Waals surface area contributed by atoms with Crippen LogP contribution >= 0.6 is 11.8 Å². The van der Waals surface area contributed by atoms with Crippen molar-refractivity contribution in [1.29, 1.82) is 0 Å². The van der Waals surface area contributed by atoms with Crippen molar-refractivity contribution in [3.63, 3.8) is 0 Å². The van der Waals surface area contributed by atoms with Crippen LogP contribution in [0.15, 0.2) is 35.2 Å². The number of rotatable bonds is 7. The van der Waals surface area contributed by atoms with Gasteiger partial charge in [-0.1, -0.05) is 18.2 Å². The highest BCUT2D eigenvalue weighted by atomic mass is 32.2. The molecule has 3 heteroatoms. The molecule has 0 radical (unpaired) electrons. The summed E-state index contributed by atoms with van der Waals surface area (Å²) >= 11 is 2.02. The molecule has 2 nitrogen and oxygen atoms in total. The lowest BCUT2D eigenvalue weighted by Crippen LogP contribution is -2.44. The summed E-state index contributed by atoms with van der Waals surface area (Å²) in [5.74, 6) is 3.42. The van der Waals surface area contributed by atoms with Crippen LogP contribution in [-0.2, 0) is 9.47 Å². The first kappa shape index (κ1) is 17.3. The summed E-state index contributed by atoms with van der Waals surface area (Å²) in [7, 11) is 0. The first-order valence-electron chi connectivity index (χ1n) is 9.22. The molecule has 23 heavy (non-hydrogen) atoms. The van der Waals surface area contributed by atoms with Gasteiger partial charge in [0.25, 0.3) is 0 Å². The van der Waals surface area contributed by atoms with E-state index in [-0.39, 0.29) is 5.79 Å². The summed E-state index contributed by atoms with van der Waals surface area (Å²) in [5, 5.41) is 0. The monoisotopic (exact) mass is 334 g/mol. The van der Waals surface area contributed by atoms with Gasteiger partial charge < -0.3 is 9.47 Å². The topological polar surface area (TPSA) is 18.5 Å². The zero-order valence-electron chi connectivity index (χ0n) is 14.5. The Bertz CT molecular complexity index is 470. The molecule has 1 aromatic rings. The molecular weight excluding hydrogens is 304 g/mol. The third-order valence-electron chi connectivity index (χ3n) is 5.58. The Balaban J connectivity index is 1.62. The van der Waals surface area contributed by atoms with Crippen LogP contribution in [0.25, 0.3) is 0 Å². The van der Waals surface area contributed by atoms with Crippen molar-refractivity contribution in [3.05, 3.63) is 30.3 Å². The molecule has 2 aliphatic carbocycles. The fourth-order valence-corrected chi connectivity index (χ4v) is 5.73. The van der Waals surface area contributed by atoms with Gasteiger partial charge in [0.1, 0.15) is 0 Å². The fourth-order valence-electron chi connectivity index (χ4n) is 4.56. The summed E-state index contributed by atoms with van der Waals surface area (Å²) in [6, 6.07) is 10.8. The molecule has 0 aromatic heterocycles. The van der Waals surface area contributed by atoms with Crippen molar-refractivity contribution in [2.24, 2.45) is 17.8 Å². The van der Waals surface area contributed by atoms with Gasteiger partial charge in [0.05, 0.1) is 0 Å². The van der Waals surface area contributed by atoms with Gasteiger partial charge in [-0.25, -0.2) is 0 Å². The molecule has 0 amide bonds. The third-order valence-corrected chi connectivity index (χ3v) is 6.78. The van der Waals surface area contributed by atoms with E-state index in [0.29, 0.717) is 0 Å². The van der Waals surface area contributed by atoms with Crippen LogP contribution in [0, 0.1) is 17.8 Å². The van der Waals surface area contributed by atoms with E-state index >= 15 is 0 Å². The molecule has 0 unspecified atom stereocenters. The van der Waals surface area contributed by atoms with E-state index in [4.69, 9.17) is 9.47 Å². The number of thioether (sulfide) groups is 1. The summed E-state index contributed by atoms with van der Waals surface area (Å²) < 4.78 is 12.2. The Morgan fingerprint density at radius 1 is 1.04 bits per heavy atom. The van der Waals surface area contributed by atoms with Gasteiger partial charge >= 0.3 is 0 Å². The van der Waals surface area contributed by atoms with Crippen molar-refractivity contribution in [2.45, 2.75) is 56.6 Å². The molecule has 0 aliphatic heterocycles. The van der Waals surface area contributed by atoms with Gasteiger partial charge in [-0.15, -0.1) is 11.8 Å². The summed E-state index contributed by atoms with van der Waals surface area (Å²) in [6.07, 6.45) is 6.23. The highest BCUT2D eigenvalue weighted by molar-refractivity contribution is 7.99. The van der Waals surface area contributed by atoms with E-state index in [2.05, 4.69) is 44.2 Å². The number of ether oxygens (including phenoxy) is 2. The van der Waals surface area contributed by atoms with Crippen LogP contribution in [0.5, 0.6) is 0 Å². The Morgan fingerprint density at radius 2 is 1.78 bits per heavy atom. The molecule has 0 bridgehead atoms. The van der Waals surface area contributed by atoms with E-state index in [1.807, 2.05) is 11.8 Å². The first-order chi connectivity index (χ1) is 11.3. The van der Waals surface area contributed by atoms with Gasteiger partial charge in [0.2, 0.25) is 0 Å². The number of hydrogen-bond acceptors (Lipinski definition) is 3. The predicted molar refractivity (Wildman–Crippen MR) is 96.7 cm³/mol. The van der Waals surface area contributed by atoms with Crippen LogP contribution in [0.2, 0.25) is 0 Å². The Morgan fingerprint density at radius 3 is 2.48 bits per heavy atom. The molecule has 0 spiro atoms. The second-order valence-electron chi connectivity index (χ2n) is 6.90. The molecular formula is C20H30O2S. The number of hydrogen-bond donors (Lipinski definition) is 0. The highest BCUT2D eigenvalue weighted by Crippen LogP contribution is 2.51. The zero-order chi connectivity index (χ0) is 16.1. The van der Waals surface area contributed by atoms with Crippen molar-refractivity contribution in [2.75, 3.05) is 19.0 Å². The van der Waals surface area contributed by atoms with E-state index in [9.17, 15) is 0 Å². The molecule has 128 valence electrons. The van der Waals surface area contributed by atoms with Gasteiger partial charge in [0, 0.05) is 36.7 Å². The van der Waals surface area contributed by atoms with E-state index in [1.165, 1.54) is 29.9 Å². The smallest absolute Gasteiger partial charge is 0.168 e. The fraction of sp³-hybridized carbons (Fsp3) is 0.700. The van der Waals surface area contributed by atoms with Gasteiger partial charge in [-0.2, -0.15) is 0 Å². The summed E-state index contributed by atoms with van der Waals surface area (Å²) in [6.45, 7) is 5.68. The molecule has 1 aromatic carbocycles. The van der Waals surface area contributed by atoms with E-state index in [0.717, 1.165) is 43.8 Å². The average Bonchev–Trinajstić information content (AvgIpc) is 2.96. The largest absolute Gasteiger partial charge is 0.350 e. The second-order valence-corrected chi connectivity index (χ2v) is 8.00. The van der Waals surface area contributed by atoms with Crippen LogP contribution in [0.1, 0.15) is 46.0 Å². The maximum absolute atomic E-state index is 6.10. The minimum absolute atomic E-state index is 0.301. The minimum atomic E-state index is -0.301. The van der Waals surface area contributed by atoms with Crippen molar-refractivity contribution in [3.8, 4) is 0 Å². The molecule has 0 heterocycles. The first-order valence-corrected chi connectivity index (χ1v) is 10.2. The summed E-state index contributed by atoms with van der Waals surface area (Å²) in [5.41, 5.74) is 0. The maximum Gasteiger partial charge on any atom is 0.168 e. The van der Waals surface area contributed by atoms with Crippen LogP contribution < -0.4 is 0 Å². The Hall–Kier alpha value is -0.510. The standard InChI is InChI=1S/C20H30O2S/c1-3-21-20(22-4-2)13-12-16-10-11-17(19(16)14-20)15-23-18-8-6-5-7-9-18/h5-9,16-17,19H,3-4,10-15H2,1-2H3/t16-,17+,19+/m1/s1. The lowest BCUT2D eigenvalue weighted by Gasteiger charge is -2.43. The average molecular weight is 335 g/mol. The zero-order valence-corrected chi connectivity index (χ0v) is 15.3. The molecule has 0 saturated heterocycles. The normalized spacial score (nSPS) is 29.4. The molecule has 2 fully saturated rings.